The Morgan fingerprint density at radius 3 is 2.73 bits per heavy atom. The SMILES string of the molecule is Cn1c(=O)/c(=C\c2ccc([O-])c([N+](=O)[O-])c2)s/c1=C\C(=O)c1cccs1. The molecule has 0 aliphatic rings. The summed E-state index contributed by atoms with van der Waals surface area (Å²) in [5, 5.41) is 24.1. The van der Waals surface area contributed by atoms with Gasteiger partial charge in [-0.25, -0.2) is 0 Å². The maximum Gasteiger partial charge on any atom is 0.268 e. The van der Waals surface area contributed by atoms with Crippen LogP contribution in [-0.2, 0) is 7.05 Å². The molecule has 0 N–H and O–H groups in total. The first-order valence-electron chi connectivity index (χ1n) is 7.29. The van der Waals surface area contributed by atoms with Gasteiger partial charge in [-0.1, -0.05) is 18.2 Å². The number of rotatable bonds is 4. The van der Waals surface area contributed by atoms with Crippen LogP contribution in [0.4, 0.5) is 5.69 Å². The van der Waals surface area contributed by atoms with Crippen molar-refractivity contribution in [3.63, 3.8) is 0 Å². The summed E-state index contributed by atoms with van der Waals surface area (Å²) in [7, 11) is 1.55. The van der Waals surface area contributed by atoms with Crippen LogP contribution in [0.3, 0.4) is 0 Å². The van der Waals surface area contributed by atoms with Crippen LogP contribution in [0.2, 0.25) is 0 Å². The molecule has 0 saturated heterocycles. The van der Waals surface area contributed by atoms with Crippen molar-refractivity contribution >= 4 is 46.3 Å². The van der Waals surface area contributed by atoms with E-state index in [2.05, 4.69) is 0 Å². The number of nitro benzene ring substituents is 1. The van der Waals surface area contributed by atoms with Crippen molar-refractivity contribution in [3.8, 4) is 5.75 Å². The smallest absolute Gasteiger partial charge is 0.268 e. The minimum Gasteiger partial charge on any atom is -0.868 e. The Labute approximate surface area is 154 Å². The van der Waals surface area contributed by atoms with Gasteiger partial charge in [0.15, 0.2) is 5.78 Å². The van der Waals surface area contributed by atoms with Crippen molar-refractivity contribution in [2.24, 2.45) is 7.05 Å². The molecule has 0 atom stereocenters. The Hall–Kier alpha value is -3.04. The van der Waals surface area contributed by atoms with Crippen molar-refractivity contribution in [1.29, 1.82) is 0 Å². The largest absolute Gasteiger partial charge is 0.868 e. The maximum atomic E-state index is 12.4. The highest BCUT2D eigenvalue weighted by atomic mass is 32.1. The molecule has 132 valence electrons. The molecular weight excluding hydrogens is 376 g/mol. The second-order valence-corrected chi connectivity index (χ2v) is 7.29. The minimum atomic E-state index is -0.759. The molecule has 0 aliphatic heterocycles. The topological polar surface area (TPSA) is 105 Å². The van der Waals surface area contributed by atoms with Crippen LogP contribution < -0.4 is 19.9 Å². The molecule has 0 aliphatic carbocycles. The van der Waals surface area contributed by atoms with Crippen LogP contribution >= 0.6 is 22.7 Å². The molecule has 3 rings (SSSR count). The van der Waals surface area contributed by atoms with Crippen LogP contribution in [0, 0.1) is 10.1 Å². The second kappa shape index (κ2) is 7.06. The number of hydrogen-bond donors (Lipinski definition) is 0. The van der Waals surface area contributed by atoms with E-state index in [4.69, 9.17) is 0 Å². The molecule has 0 fully saturated rings. The van der Waals surface area contributed by atoms with Gasteiger partial charge in [0.25, 0.3) is 11.2 Å². The fraction of sp³-hybridized carbons (Fsp3) is 0.0588. The quantitative estimate of drug-likeness (QED) is 0.377. The summed E-state index contributed by atoms with van der Waals surface area (Å²) >= 11 is 2.41. The molecule has 0 bridgehead atoms. The van der Waals surface area contributed by atoms with Gasteiger partial charge in [0, 0.05) is 19.2 Å². The van der Waals surface area contributed by atoms with Crippen molar-refractivity contribution in [2.45, 2.75) is 0 Å². The highest BCUT2D eigenvalue weighted by molar-refractivity contribution is 7.12. The first kappa shape index (κ1) is 17.8. The summed E-state index contributed by atoms with van der Waals surface area (Å²) in [4.78, 5) is 35.2. The van der Waals surface area contributed by atoms with Gasteiger partial charge < -0.3 is 9.67 Å². The van der Waals surface area contributed by atoms with Crippen LogP contribution in [-0.4, -0.2) is 15.3 Å². The Balaban J connectivity index is 2.09. The lowest BCUT2D eigenvalue weighted by atomic mass is 10.2. The Morgan fingerprint density at radius 2 is 2.08 bits per heavy atom. The molecule has 0 saturated carbocycles. The Morgan fingerprint density at radius 1 is 1.31 bits per heavy atom. The van der Waals surface area contributed by atoms with E-state index in [9.17, 15) is 24.8 Å². The molecule has 9 heteroatoms. The van der Waals surface area contributed by atoms with Gasteiger partial charge in [-0.05, 0) is 28.8 Å². The molecule has 0 amide bonds. The molecule has 0 radical (unpaired) electrons. The van der Waals surface area contributed by atoms with Gasteiger partial charge >= 0.3 is 0 Å². The lowest BCUT2D eigenvalue weighted by Gasteiger charge is -2.05. The molecule has 2 aromatic heterocycles. The number of hydrogen-bond acceptors (Lipinski definition) is 7. The maximum absolute atomic E-state index is 12.4. The third kappa shape index (κ3) is 3.48. The van der Waals surface area contributed by atoms with Crippen molar-refractivity contribution in [3.05, 3.63) is 75.8 Å². The van der Waals surface area contributed by atoms with Crippen molar-refractivity contribution < 1.29 is 14.8 Å². The summed E-state index contributed by atoms with van der Waals surface area (Å²) in [6, 6.07) is 7.10. The van der Waals surface area contributed by atoms with E-state index in [1.807, 2.05) is 0 Å². The first-order chi connectivity index (χ1) is 12.4. The zero-order chi connectivity index (χ0) is 18.8. The van der Waals surface area contributed by atoms with E-state index in [0.29, 0.717) is 19.6 Å². The normalized spacial score (nSPS) is 12.5. The number of carbonyl (C=O) groups excluding carboxylic acids is 1. The minimum absolute atomic E-state index is 0.199. The summed E-state index contributed by atoms with van der Waals surface area (Å²) in [6.45, 7) is 0. The number of Topliss-reactive ketones (excluding diaryl/α,β-unsaturated/α-hetero) is 1. The predicted molar refractivity (Wildman–Crippen MR) is 98.0 cm³/mol. The predicted octanol–water partition coefficient (Wildman–Crippen LogP) is 0.982. The molecule has 7 nitrogen and oxygen atoms in total. The number of thiophene rings is 1. The van der Waals surface area contributed by atoms with Crippen LogP contribution in [0.25, 0.3) is 12.2 Å². The van der Waals surface area contributed by atoms with Gasteiger partial charge in [0.2, 0.25) is 0 Å². The average Bonchev–Trinajstić information content (AvgIpc) is 3.22. The molecular formula is C17H11N2O5S2-. The fourth-order valence-electron chi connectivity index (χ4n) is 2.23. The van der Waals surface area contributed by atoms with Gasteiger partial charge in [-0.3, -0.25) is 19.7 Å². The number of nitrogens with zero attached hydrogens (tertiary/aromatic N) is 2. The molecule has 0 spiro atoms. The van der Waals surface area contributed by atoms with E-state index in [-0.39, 0.29) is 11.3 Å². The fourth-order valence-corrected chi connectivity index (χ4v) is 3.89. The van der Waals surface area contributed by atoms with Gasteiger partial charge in [0.05, 0.1) is 14.3 Å². The number of ketones is 1. The molecule has 1 aromatic carbocycles. The summed E-state index contributed by atoms with van der Waals surface area (Å²) in [5.41, 5.74) is -0.507. The van der Waals surface area contributed by atoms with E-state index >= 15 is 0 Å². The van der Waals surface area contributed by atoms with Gasteiger partial charge in [-0.2, -0.15) is 0 Å². The van der Waals surface area contributed by atoms with E-state index < -0.39 is 16.4 Å². The molecule has 26 heavy (non-hydrogen) atoms. The number of benzene rings is 1. The highest BCUT2D eigenvalue weighted by Crippen LogP contribution is 2.23. The lowest BCUT2D eigenvalue weighted by molar-refractivity contribution is -0.398. The van der Waals surface area contributed by atoms with Crippen LogP contribution in [0.15, 0.2) is 40.5 Å². The second-order valence-electron chi connectivity index (χ2n) is 5.28. The standard InChI is InChI=1S/C17H12N2O5S2/c1-18-16(9-13(21)14-3-2-6-25-14)26-15(17(18)22)8-10-4-5-12(20)11(7-10)19(23)24/h2-9,20H,1H3/p-1/b15-8+,16-9-. The lowest BCUT2D eigenvalue weighted by Crippen LogP contribution is -2.29. The zero-order valence-electron chi connectivity index (χ0n) is 13.4. The third-order valence-corrected chi connectivity index (χ3v) is 5.55. The number of carbonyl (C=O) groups is 1. The monoisotopic (exact) mass is 387 g/mol. The van der Waals surface area contributed by atoms with E-state index in [1.54, 1.807) is 24.6 Å². The molecule has 3 aromatic rings. The van der Waals surface area contributed by atoms with Crippen LogP contribution in [0.5, 0.6) is 5.75 Å². The number of nitro groups is 1. The van der Waals surface area contributed by atoms with Crippen molar-refractivity contribution in [1.82, 2.24) is 4.57 Å². The number of thiazole rings is 1. The first-order valence-corrected chi connectivity index (χ1v) is 8.99. The van der Waals surface area contributed by atoms with E-state index in [1.165, 1.54) is 34.1 Å². The number of aromatic nitrogens is 1. The Bertz CT molecular complexity index is 1170. The zero-order valence-corrected chi connectivity index (χ0v) is 15.0. The summed E-state index contributed by atoms with van der Waals surface area (Å²) < 4.78 is 2.12. The Kier molecular flexibility index (Phi) is 4.83. The molecule has 2 heterocycles. The summed E-state index contributed by atoms with van der Waals surface area (Å²) in [6.07, 6.45) is 2.85. The van der Waals surface area contributed by atoms with Crippen molar-refractivity contribution in [2.75, 3.05) is 0 Å². The van der Waals surface area contributed by atoms with Gasteiger partial charge in [0.1, 0.15) is 4.66 Å². The van der Waals surface area contributed by atoms with E-state index in [0.717, 1.165) is 23.5 Å². The summed E-state index contributed by atoms with van der Waals surface area (Å²) in [5.74, 6) is -0.892. The average molecular weight is 387 g/mol. The third-order valence-electron chi connectivity index (χ3n) is 3.56. The molecule has 0 unspecified atom stereocenters. The van der Waals surface area contributed by atoms with Crippen LogP contribution in [0.1, 0.15) is 15.2 Å². The van der Waals surface area contributed by atoms with Gasteiger partial charge in [-0.15, -0.1) is 22.7 Å². The highest BCUT2D eigenvalue weighted by Gasteiger charge is 2.09.